The molecule has 482 valence electrons. The summed E-state index contributed by atoms with van der Waals surface area (Å²) in [6.45, 7) is 9.25. The molecule has 0 aromatic carbocycles. The van der Waals surface area contributed by atoms with Crippen molar-refractivity contribution in [2.24, 2.45) is 11.8 Å². The predicted molar refractivity (Wildman–Crippen MR) is 326 cm³/mol. The van der Waals surface area contributed by atoms with E-state index in [4.69, 9.17) is 37.0 Å². The maximum Gasteiger partial charge on any atom is 0.472 e. The molecule has 0 spiro atoms. The van der Waals surface area contributed by atoms with E-state index in [1.165, 1.54) is 70.6 Å². The SMILES string of the molecule is CCCCCC/C=C\C=C/CCCCCCCC(=O)O[C@H](COC(=O)CCCCCCCCCC(C)C)COP(=O)(O)OC[C@@H](O)COP(=O)(O)OC[C@@H](COC(=O)CCCCCCCCC)OC(=O)CCCCCCCCCC(C)C. The van der Waals surface area contributed by atoms with Crippen molar-refractivity contribution >= 4 is 39.5 Å². The molecule has 0 aliphatic carbocycles. The molecule has 5 atom stereocenters. The first-order valence-electron chi connectivity index (χ1n) is 32.3. The van der Waals surface area contributed by atoms with Gasteiger partial charge in [-0.25, -0.2) is 9.13 Å². The van der Waals surface area contributed by atoms with Gasteiger partial charge < -0.3 is 33.8 Å². The number of rotatable bonds is 60. The summed E-state index contributed by atoms with van der Waals surface area (Å²) < 4.78 is 67.8. The highest BCUT2D eigenvalue weighted by Crippen LogP contribution is 2.45. The Morgan fingerprint density at radius 3 is 1.00 bits per heavy atom. The van der Waals surface area contributed by atoms with Gasteiger partial charge >= 0.3 is 39.5 Å². The predicted octanol–water partition coefficient (Wildman–Crippen LogP) is 16.8. The summed E-state index contributed by atoms with van der Waals surface area (Å²) in [5.41, 5.74) is 0. The molecule has 0 aromatic rings. The van der Waals surface area contributed by atoms with Crippen LogP contribution in [0.15, 0.2) is 24.3 Å². The number of aliphatic hydroxyl groups is 1. The van der Waals surface area contributed by atoms with Gasteiger partial charge in [-0.05, 0) is 63.2 Å². The highest BCUT2D eigenvalue weighted by Gasteiger charge is 2.30. The molecule has 0 amide bonds. The molecule has 0 saturated heterocycles. The van der Waals surface area contributed by atoms with Crippen LogP contribution in [0.1, 0.15) is 286 Å². The van der Waals surface area contributed by atoms with Crippen LogP contribution in [0.3, 0.4) is 0 Å². The average molecular weight is 1210 g/mol. The molecule has 19 heteroatoms. The molecule has 0 bridgehead atoms. The van der Waals surface area contributed by atoms with Gasteiger partial charge in [-0.2, -0.15) is 0 Å². The molecule has 2 unspecified atom stereocenters. The molecule has 82 heavy (non-hydrogen) atoms. The van der Waals surface area contributed by atoms with Gasteiger partial charge in [-0.3, -0.25) is 37.3 Å². The topological polar surface area (TPSA) is 237 Å². The quantitative estimate of drug-likeness (QED) is 0.0169. The monoisotopic (exact) mass is 1210 g/mol. The third kappa shape index (κ3) is 56.7. The van der Waals surface area contributed by atoms with Crippen LogP contribution in [0.4, 0.5) is 0 Å². The fourth-order valence-electron chi connectivity index (χ4n) is 8.81. The number of ether oxygens (including phenoxy) is 4. The molecule has 0 saturated carbocycles. The number of unbranched alkanes of at least 4 members (excludes halogenated alkanes) is 27. The molecule has 0 fully saturated rings. The maximum atomic E-state index is 13.0. The van der Waals surface area contributed by atoms with Gasteiger partial charge in [0, 0.05) is 25.7 Å². The Morgan fingerprint density at radius 1 is 0.378 bits per heavy atom. The number of allylic oxidation sites excluding steroid dienone is 4. The number of carbonyl (C=O) groups is 4. The van der Waals surface area contributed by atoms with Crippen LogP contribution in [-0.2, 0) is 65.4 Å². The summed E-state index contributed by atoms with van der Waals surface area (Å²) in [6.07, 6.45) is 40.1. The van der Waals surface area contributed by atoms with Crippen molar-refractivity contribution in [2.45, 2.75) is 304 Å². The van der Waals surface area contributed by atoms with Crippen molar-refractivity contribution in [2.75, 3.05) is 39.6 Å². The Hall–Kier alpha value is -2.46. The van der Waals surface area contributed by atoms with Crippen molar-refractivity contribution in [3.05, 3.63) is 24.3 Å². The van der Waals surface area contributed by atoms with Crippen LogP contribution in [0.5, 0.6) is 0 Å². The first kappa shape index (κ1) is 79.5. The van der Waals surface area contributed by atoms with Crippen LogP contribution < -0.4 is 0 Å². The zero-order valence-electron chi connectivity index (χ0n) is 52.3. The Morgan fingerprint density at radius 2 is 0.659 bits per heavy atom. The number of hydrogen-bond acceptors (Lipinski definition) is 15. The van der Waals surface area contributed by atoms with E-state index in [0.717, 1.165) is 122 Å². The lowest BCUT2D eigenvalue weighted by Crippen LogP contribution is -2.30. The van der Waals surface area contributed by atoms with E-state index in [-0.39, 0.29) is 25.7 Å². The molecule has 3 N–H and O–H groups in total. The van der Waals surface area contributed by atoms with Crippen LogP contribution in [-0.4, -0.2) is 96.7 Å². The molecule has 17 nitrogen and oxygen atoms in total. The van der Waals surface area contributed by atoms with E-state index in [0.29, 0.717) is 37.5 Å². The fourth-order valence-corrected chi connectivity index (χ4v) is 10.4. The largest absolute Gasteiger partial charge is 0.472 e. The average Bonchev–Trinajstić information content (AvgIpc) is 3.43. The van der Waals surface area contributed by atoms with Gasteiger partial charge in [-0.15, -0.1) is 0 Å². The number of aliphatic hydroxyl groups excluding tert-OH is 1. The molecular formula is C63H118O17P2. The normalized spacial score (nSPS) is 14.5. The zero-order chi connectivity index (χ0) is 60.8. The smallest absolute Gasteiger partial charge is 0.462 e. The number of esters is 4. The van der Waals surface area contributed by atoms with Gasteiger partial charge in [-0.1, -0.05) is 233 Å². The molecule has 0 heterocycles. The lowest BCUT2D eigenvalue weighted by Gasteiger charge is -2.21. The number of hydrogen-bond donors (Lipinski definition) is 3. The zero-order valence-corrected chi connectivity index (χ0v) is 54.0. The van der Waals surface area contributed by atoms with Crippen molar-refractivity contribution in [3.8, 4) is 0 Å². The second kappa shape index (κ2) is 55.1. The number of phosphoric ester groups is 2. The summed E-state index contributed by atoms with van der Waals surface area (Å²) in [7, 11) is -9.89. The van der Waals surface area contributed by atoms with Crippen LogP contribution in [0.25, 0.3) is 0 Å². The van der Waals surface area contributed by atoms with Crippen molar-refractivity contribution in [1.29, 1.82) is 0 Å². The van der Waals surface area contributed by atoms with E-state index >= 15 is 0 Å². The first-order chi connectivity index (χ1) is 39.4. The Labute approximate surface area is 497 Å². The van der Waals surface area contributed by atoms with E-state index in [2.05, 4.69) is 65.8 Å². The minimum atomic E-state index is -4.95. The standard InChI is InChI=1S/C63H118O17P2/c1-7-9-11-13-15-16-17-18-19-20-21-22-28-35-41-47-62(67)79-59(52-74-61(66)46-40-34-29-23-26-31-37-43-55(3)4)54-78-82(71,72)76-50-57(64)49-75-81(69,70)77-53-58(51-73-60(65)45-39-33-25-14-12-10-8-2)80-63(68)48-42-36-30-24-27-32-38-44-56(5)6/h16-19,55-59,64H,7-15,20-54H2,1-6H3,(H,69,70)(H,71,72)/b17-16-,19-18-/t57-,58+,59+/m0/s1. The summed E-state index contributed by atoms with van der Waals surface area (Å²) in [5.74, 6) is -0.778. The van der Waals surface area contributed by atoms with E-state index in [1.54, 1.807) is 0 Å². The van der Waals surface area contributed by atoms with Crippen molar-refractivity contribution < 1.29 is 80.2 Å². The van der Waals surface area contributed by atoms with Gasteiger partial charge in [0.15, 0.2) is 12.2 Å². The second-order valence-electron chi connectivity index (χ2n) is 23.1. The van der Waals surface area contributed by atoms with Crippen molar-refractivity contribution in [1.82, 2.24) is 0 Å². The van der Waals surface area contributed by atoms with E-state index in [1.807, 2.05) is 0 Å². The number of phosphoric acid groups is 2. The van der Waals surface area contributed by atoms with E-state index in [9.17, 15) is 43.2 Å². The highest BCUT2D eigenvalue weighted by molar-refractivity contribution is 7.47. The molecule has 0 aliphatic heterocycles. The lowest BCUT2D eigenvalue weighted by atomic mass is 10.0. The van der Waals surface area contributed by atoms with E-state index < -0.39 is 97.5 Å². The Bertz CT molecular complexity index is 1710. The highest BCUT2D eigenvalue weighted by atomic mass is 31.2. The van der Waals surface area contributed by atoms with Gasteiger partial charge in [0.05, 0.1) is 26.4 Å². The van der Waals surface area contributed by atoms with Crippen molar-refractivity contribution in [3.63, 3.8) is 0 Å². The number of carbonyl (C=O) groups excluding carboxylic acids is 4. The van der Waals surface area contributed by atoms with Crippen LogP contribution in [0, 0.1) is 11.8 Å². The fraction of sp³-hybridized carbons (Fsp3) is 0.873. The third-order valence-electron chi connectivity index (χ3n) is 13.8. The molecule has 0 aliphatic rings. The van der Waals surface area contributed by atoms with Crippen LogP contribution in [0.2, 0.25) is 0 Å². The summed E-state index contributed by atoms with van der Waals surface area (Å²) >= 11 is 0. The summed E-state index contributed by atoms with van der Waals surface area (Å²) in [6, 6.07) is 0. The minimum absolute atomic E-state index is 0.0837. The lowest BCUT2D eigenvalue weighted by molar-refractivity contribution is -0.161. The molecule has 0 rings (SSSR count). The molecule has 0 radical (unpaired) electrons. The van der Waals surface area contributed by atoms with Gasteiger partial charge in [0.25, 0.3) is 0 Å². The second-order valence-corrected chi connectivity index (χ2v) is 26.0. The maximum absolute atomic E-state index is 13.0. The molecule has 0 aromatic heterocycles. The van der Waals surface area contributed by atoms with Crippen LogP contribution >= 0.6 is 15.6 Å². The summed E-state index contributed by atoms with van der Waals surface area (Å²) in [5, 5.41) is 10.5. The third-order valence-corrected chi connectivity index (χ3v) is 15.7. The Kier molecular flexibility index (Phi) is 53.5. The summed E-state index contributed by atoms with van der Waals surface area (Å²) in [4.78, 5) is 72.0. The van der Waals surface area contributed by atoms with Gasteiger partial charge in [0.2, 0.25) is 0 Å². The van der Waals surface area contributed by atoms with Gasteiger partial charge in [0.1, 0.15) is 19.3 Å². The first-order valence-corrected chi connectivity index (χ1v) is 35.3. The Balaban J connectivity index is 5.25. The molecular weight excluding hydrogens is 1090 g/mol. The minimum Gasteiger partial charge on any atom is -0.462 e.